The molecule has 0 aliphatic heterocycles. The van der Waals surface area contributed by atoms with E-state index in [1.807, 2.05) is 30.3 Å². The van der Waals surface area contributed by atoms with E-state index in [2.05, 4.69) is 4.98 Å². The van der Waals surface area contributed by atoms with Gasteiger partial charge in [-0.05, 0) is 19.1 Å². The zero-order chi connectivity index (χ0) is 10.8. The molecule has 2 N–H and O–H groups in total. The fourth-order valence-electron chi connectivity index (χ4n) is 1.33. The third-order valence-corrected chi connectivity index (χ3v) is 2.05. The Labute approximate surface area is 86.7 Å². The van der Waals surface area contributed by atoms with Gasteiger partial charge in [-0.25, -0.2) is 4.98 Å². The van der Waals surface area contributed by atoms with Crippen molar-refractivity contribution < 1.29 is 9.21 Å². The quantitative estimate of drug-likeness (QED) is 0.806. The van der Waals surface area contributed by atoms with Crippen LogP contribution in [0.5, 0.6) is 0 Å². The zero-order valence-corrected chi connectivity index (χ0v) is 8.23. The highest BCUT2D eigenvalue weighted by atomic mass is 16.4. The molecule has 0 saturated heterocycles. The third-order valence-electron chi connectivity index (χ3n) is 2.05. The summed E-state index contributed by atoms with van der Waals surface area (Å²) in [4.78, 5) is 15.0. The number of carbonyl (C=O) groups excluding carboxylic acids is 1. The summed E-state index contributed by atoms with van der Waals surface area (Å²) in [6, 6.07) is 9.36. The number of rotatable bonds is 2. The summed E-state index contributed by atoms with van der Waals surface area (Å²) >= 11 is 0. The van der Waals surface area contributed by atoms with Crippen LogP contribution in [0.25, 0.3) is 11.5 Å². The van der Waals surface area contributed by atoms with Gasteiger partial charge in [-0.1, -0.05) is 18.2 Å². The second-order valence-corrected chi connectivity index (χ2v) is 3.15. The topological polar surface area (TPSA) is 69.1 Å². The maximum Gasteiger partial charge on any atom is 0.270 e. The fourth-order valence-corrected chi connectivity index (χ4v) is 1.33. The average Bonchev–Trinajstić information content (AvgIpc) is 2.62. The molecular weight excluding hydrogens is 192 g/mol. The van der Waals surface area contributed by atoms with Crippen molar-refractivity contribution in [1.82, 2.24) is 4.98 Å². The number of hydrogen-bond acceptors (Lipinski definition) is 3. The third kappa shape index (κ3) is 1.74. The van der Waals surface area contributed by atoms with Gasteiger partial charge in [0.05, 0.1) is 0 Å². The summed E-state index contributed by atoms with van der Waals surface area (Å²) < 4.78 is 5.35. The first kappa shape index (κ1) is 9.45. The summed E-state index contributed by atoms with van der Waals surface area (Å²) in [5, 5.41) is 0. The van der Waals surface area contributed by atoms with E-state index >= 15 is 0 Å². The van der Waals surface area contributed by atoms with Crippen LogP contribution in [0.2, 0.25) is 0 Å². The van der Waals surface area contributed by atoms with Crippen molar-refractivity contribution in [2.75, 3.05) is 0 Å². The average molecular weight is 202 g/mol. The van der Waals surface area contributed by atoms with E-state index in [0.29, 0.717) is 11.7 Å². The first-order chi connectivity index (χ1) is 7.18. The summed E-state index contributed by atoms with van der Waals surface area (Å²) in [6.07, 6.45) is 0. The van der Waals surface area contributed by atoms with E-state index in [1.165, 1.54) is 0 Å². The van der Waals surface area contributed by atoms with Crippen molar-refractivity contribution in [2.24, 2.45) is 5.73 Å². The highest BCUT2D eigenvalue weighted by Gasteiger charge is 2.14. The molecule has 1 aromatic heterocycles. The number of hydrogen-bond donors (Lipinski definition) is 1. The molecule has 1 amide bonds. The molecular formula is C11H10N2O2. The van der Waals surface area contributed by atoms with Crippen LogP contribution in [-0.2, 0) is 0 Å². The summed E-state index contributed by atoms with van der Waals surface area (Å²) in [5.74, 6) is 0.293. The lowest BCUT2D eigenvalue weighted by Gasteiger charge is -1.91. The van der Waals surface area contributed by atoms with Crippen LogP contribution in [0.1, 0.15) is 16.2 Å². The van der Waals surface area contributed by atoms with E-state index in [-0.39, 0.29) is 5.69 Å². The molecule has 0 spiro atoms. The SMILES string of the molecule is Cc1oc(-c2ccccc2)nc1C(N)=O. The van der Waals surface area contributed by atoms with Gasteiger partial charge in [0.1, 0.15) is 5.76 Å². The van der Waals surface area contributed by atoms with Crippen molar-refractivity contribution in [2.45, 2.75) is 6.92 Å². The lowest BCUT2D eigenvalue weighted by Crippen LogP contribution is -2.12. The number of nitrogens with zero attached hydrogens (tertiary/aromatic N) is 1. The minimum atomic E-state index is -0.571. The Kier molecular flexibility index (Phi) is 2.25. The molecule has 0 saturated carbocycles. The second-order valence-electron chi connectivity index (χ2n) is 3.15. The van der Waals surface area contributed by atoms with Crippen molar-refractivity contribution >= 4 is 5.91 Å². The van der Waals surface area contributed by atoms with Gasteiger partial charge >= 0.3 is 0 Å². The summed E-state index contributed by atoms with van der Waals surface area (Å²) in [5.41, 5.74) is 6.16. The van der Waals surface area contributed by atoms with Crippen molar-refractivity contribution in [1.29, 1.82) is 0 Å². The van der Waals surface area contributed by atoms with Crippen molar-refractivity contribution in [3.05, 3.63) is 41.8 Å². The number of oxazole rings is 1. The van der Waals surface area contributed by atoms with Crippen LogP contribution >= 0.6 is 0 Å². The standard InChI is InChI=1S/C11H10N2O2/c1-7-9(10(12)14)13-11(15-7)8-5-3-2-4-6-8/h2-6H,1H3,(H2,12,14). The summed E-state index contributed by atoms with van der Waals surface area (Å²) in [6.45, 7) is 1.67. The number of aromatic nitrogens is 1. The number of benzene rings is 1. The fraction of sp³-hybridized carbons (Fsp3) is 0.0909. The van der Waals surface area contributed by atoms with E-state index < -0.39 is 5.91 Å². The Morgan fingerprint density at radius 1 is 1.33 bits per heavy atom. The van der Waals surface area contributed by atoms with Crippen molar-refractivity contribution in [3.63, 3.8) is 0 Å². The molecule has 2 rings (SSSR count). The molecule has 15 heavy (non-hydrogen) atoms. The molecule has 0 fully saturated rings. The monoisotopic (exact) mass is 202 g/mol. The van der Waals surface area contributed by atoms with E-state index in [0.717, 1.165) is 5.56 Å². The molecule has 1 heterocycles. The van der Waals surface area contributed by atoms with Gasteiger partial charge in [0, 0.05) is 5.56 Å². The first-order valence-electron chi connectivity index (χ1n) is 4.51. The second kappa shape index (κ2) is 3.57. The Morgan fingerprint density at radius 2 is 2.00 bits per heavy atom. The Morgan fingerprint density at radius 3 is 2.53 bits per heavy atom. The normalized spacial score (nSPS) is 10.2. The van der Waals surface area contributed by atoms with E-state index in [1.54, 1.807) is 6.92 Å². The highest BCUT2D eigenvalue weighted by Crippen LogP contribution is 2.20. The Bertz CT molecular complexity index is 489. The lowest BCUT2D eigenvalue weighted by molar-refractivity contribution is 0.0995. The van der Waals surface area contributed by atoms with Crippen LogP contribution in [0.15, 0.2) is 34.7 Å². The smallest absolute Gasteiger partial charge is 0.270 e. The molecule has 2 aromatic rings. The van der Waals surface area contributed by atoms with Crippen LogP contribution in [0.4, 0.5) is 0 Å². The first-order valence-corrected chi connectivity index (χ1v) is 4.51. The largest absolute Gasteiger partial charge is 0.441 e. The Balaban J connectivity index is 2.48. The lowest BCUT2D eigenvalue weighted by atomic mass is 10.2. The van der Waals surface area contributed by atoms with Gasteiger partial charge in [-0.15, -0.1) is 0 Å². The van der Waals surface area contributed by atoms with Crippen LogP contribution in [0.3, 0.4) is 0 Å². The van der Waals surface area contributed by atoms with Gasteiger partial charge in [0.25, 0.3) is 5.91 Å². The molecule has 0 aliphatic rings. The molecule has 0 bridgehead atoms. The summed E-state index contributed by atoms with van der Waals surface area (Å²) in [7, 11) is 0. The molecule has 1 aromatic carbocycles. The maximum atomic E-state index is 11.0. The predicted molar refractivity (Wildman–Crippen MR) is 55.2 cm³/mol. The molecule has 4 heteroatoms. The predicted octanol–water partition coefficient (Wildman–Crippen LogP) is 1.75. The van der Waals surface area contributed by atoms with E-state index in [4.69, 9.17) is 10.2 Å². The van der Waals surface area contributed by atoms with Gasteiger partial charge in [0.15, 0.2) is 5.69 Å². The van der Waals surface area contributed by atoms with Crippen molar-refractivity contribution in [3.8, 4) is 11.5 Å². The number of primary amides is 1. The molecule has 0 atom stereocenters. The number of amides is 1. The minimum absolute atomic E-state index is 0.189. The van der Waals surface area contributed by atoms with Gasteiger partial charge in [0.2, 0.25) is 5.89 Å². The van der Waals surface area contributed by atoms with Crippen LogP contribution in [-0.4, -0.2) is 10.9 Å². The molecule has 0 radical (unpaired) electrons. The zero-order valence-electron chi connectivity index (χ0n) is 8.23. The Hall–Kier alpha value is -2.10. The minimum Gasteiger partial charge on any atom is -0.441 e. The van der Waals surface area contributed by atoms with Gasteiger partial charge in [-0.3, -0.25) is 4.79 Å². The van der Waals surface area contributed by atoms with Gasteiger partial charge in [-0.2, -0.15) is 0 Å². The van der Waals surface area contributed by atoms with Crippen LogP contribution < -0.4 is 5.73 Å². The molecule has 76 valence electrons. The molecule has 4 nitrogen and oxygen atoms in total. The molecule has 0 unspecified atom stereocenters. The highest BCUT2D eigenvalue weighted by molar-refractivity contribution is 5.92. The maximum absolute atomic E-state index is 11.0. The van der Waals surface area contributed by atoms with E-state index in [9.17, 15) is 4.79 Å². The number of carbonyl (C=O) groups is 1. The molecule has 0 aliphatic carbocycles. The number of aryl methyl sites for hydroxylation is 1. The van der Waals surface area contributed by atoms with Crippen LogP contribution in [0, 0.1) is 6.92 Å². The van der Waals surface area contributed by atoms with Gasteiger partial charge < -0.3 is 10.2 Å². The number of nitrogens with two attached hydrogens (primary N) is 1.